The van der Waals surface area contributed by atoms with E-state index in [2.05, 4.69) is 17.3 Å². The van der Waals surface area contributed by atoms with Gasteiger partial charge in [0.15, 0.2) is 0 Å². The quantitative estimate of drug-likeness (QED) is 0.689. The van der Waals surface area contributed by atoms with Gasteiger partial charge in [-0.05, 0) is 33.4 Å². The van der Waals surface area contributed by atoms with Crippen molar-refractivity contribution in [1.82, 2.24) is 10.2 Å². The number of esters is 1. The molecule has 0 aromatic heterocycles. The fourth-order valence-electron chi connectivity index (χ4n) is 2.26. The van der Waals surface area contributed by atoms with Crippen LogP contribution in [0, 0.1) is 0 Å². The molecule has 1 fully saturated rings. The van der Waals surface area contributed by atoms with Crippen LogP contribution in [0.3, 0.4) is 0 Å². The van der Waals surface area contributed by atoms with Crippen molar-refractivity contribution < 1.29 is 9.53 Å². The third kappa shape index (κ3) is 2.95. The molecular weight excluding hydrogens is 204 g/mol. The van der Waals surface area contributed by atoms with Gasteiger partial charge in [-0.3, -0.25) is 4.79 Å². The highest BCUT2D eigenvalue weighted by atomic mass is 16.5. The van der Waals surface area contributed by atoms with Gasteiger partial charge in [0.05, 0.1) is 7.11 Å². The molecule has 94 valence electrons. The number of methoxy groups -OCH3 is 1. The largest absolute Gasteiger partial charge is 0.468 e. The summed E-state index contributed by atoms with van der Waals surface area (Å²) < 4.78 is 4.87. The molecule has 4 heteroatoms. The molecule has 1 aliphatic rings. The molecule has 1 atom stereocenters. The summed E-state index contributed by atoms with van der Waals surface area (Å²) in [5, 5.41) is 3.23. The lowest BCUT2D eigenvalue weighted by molar-refractivity contribution is -0.149. The highest BCUT2D eigenvalue weighted by Gasteiger charge is 2.37. The second-order valence-electron chi connectivity index (χ2n) is 4.85. The zero-order valence-corrected chi connectivity index (χ0v) is 10.9. The Morgan fingerprint density at radius 3 is 2.56 bits per heavy atom. The van der Waals surface area contributed by atoms with Gasteiger partial charge in [0.1, 0.15) is 5.54 Å². The van der Waals surface area contributed by atoms with Gasteiger partial charge in [-0.1, -0.05) is 13.3 Å². The van der Waals surface area contributed by atoms with Crippen LogP contribution < -0.4 is 5.32 Å². The summed E-state index contributed by atoms with van der Waals surface area (Å²) in [5.41, 5.74) is -0.589. The van der Waals surface area contributed by atoms with Crippen molar-refractivity contribution in [2.24, 2.45) is 0 Å². The van der Waals surface area contributed by atoms with Crippen LogP contribution in [-0.2, 0) is 9.53 Å². The molecule has 16 heavy (non-hydrogen) atoms. The van der Waals surface area contributed by atoms with Crippen LogP contribution in [0.25, 0.3) is 0 Å². The predicted molar refractivity (Wildman–Crippen MR) is 64.4 cm³/mol. The molecule has 0 aromatic carbocycles. The van der Waals surface area contributed by atoms with Crippen LogP contribution >= 0.6 is 0 Å². The first-order valence-electron chi connectivity index (χ1n) is 6.07. The van der Waals surface area contributed by atoms with E-state index in [0.29, 0.717) is 12.6 Å². The Morgan fingerprint density at radius 2 is 2.19 bits per heavy atom. The molecule has 0 radical (unpaired) electrons. The fourth-order valence-corrected chi connectivity index (χ4v) is 2.26. The van der Waals surface area contributed by atoms with E-state index in [9.17, 15) is 4.79 Å². The van der Waals surface area contributed by atoms with Crippen LogP contribution in [0.4, 0.5) is 0 Å². The number of carbonyl (C=O) groups is 1. The van der Waals surface area contributed by atoms with Crippen LogP contribution in [0.2, 0.25) is 0 Å². The second kappa shape index (κ2) is 5.64. The molecule has 0 heterocycles. The Labute approximate surface area is 98.3 Å². The van der Waals surface area contributed by atoms with Gasteiger partial charge in [-0.15, -0.1) is 0 Å². The number of nitrogens with zero attached hydrogens (tertiary/aromatic N) is 1. The Kier molecular flexibility index (Phi) is 4.74. The molecule has 1 saturated carbocycles. The van der Waals surface area contributed by atoms with Crippen molar-refractivity contribution in [2.75, 3.05) is 27.2 Å². The van der Waals surface area contributed by atoms with Gasteiger partial charge in [0.25, 0.3) is 0 Å². The molecule has 1 unspecified atom stereocenters. The number of carbonyl (C=O) groups excluding carboxylic acids is 1. The lowest BCUT2D eigenvalue weighted by Crippen LogP contribution is -2.58. The number of nitrogens with one attached hydrogen (secondary N) is 1. The first-order valence-corrected chi connectivity index (χ1v) is 6.07. The first-order chi connectivity index (χ1) is 7.53. The molecule has 1 aliphatic carbocycles. The molecule has 0 aliphatic heterocycles. The van der Waals surface area contributed by atoms with Gasteiger partial charge in [0, 0.05) is 12.6 Å². The molecule has 0 amide bonds. The van der Waals surface area contributed by atoms with E-state index in [1.807, 2.05) is 13.8 Å². The smallest absolute Gasteiger partial charge is 0.327 e. The SMILES string of the molecule is CCNC(C)(CN(C)C1CCC1)C(=O)OC. The van der Waals surface area contributed by atoms with E-state index in [-0.39, 0.29) is 5.97 Å². The van der Waals surface area contributed by atoms with E-state index in [1.165, 1.54) is 26.4 Å². The Bertz CT molecular complexity index is 241. The van der Waals surface area contributed by atoms with Gasteiger partial charge in [0.2, 0.25) is 0 Å². The van der Waals surface area contributed by atoms with E-state index < -0.39 is 5.54 Å². The first kappa shape index (κ1) is 13.5. The summed E-state index contributed by atoms with van der Waals surface area (Å²) in [6.45, 7) is 5.39. The predicted octanol–water partition coefficient (Wildman–Crippen LogP) is 1.01. The van der Waals surface area contributed by atoms with Gasteiger partial charge >= 0.3 is 5.97 Å². The average molecular weight is 228 g/mol. The van der Waals surface area contributed by atoms with Crippen molar-refractivity contribution in [1.29, 1.82) is 0 Å². The molecular formula is C12H24N2O2. The number of ether oxygens (including phenoxy) is 1. The minimum absolute atomic E-state index is 0.180. The lowest BCUT2D eigenvalue weighted by Gasteiger charge is -2.39. The number of likely N-dealkylation sites (N-methyl/N-ethyl adjacent to an activating group) is 2. The summed E-state index contributed by atoms with van der Waals surface area (Å²) >= 11 is 0. The zero-order chi connectivity index (χ0) is 12.2. The highest BCUT2D eigenvalue weighted by molar-refractivity contribution is 5.80. The van der Waals surface area contributed by atoms with Crippen molar-refractivity contribution in [3.8, 4) is 0 Å². The molecule has 1 rings (SSSR count). The number of hydrogen-bond donors (Lipinski definition) is 1. The topological polar surface area (TPSA) is 41.6 Å². The zero-order valence-electron chi connectivity index (χ0n) is 10.9. The third-order valence-corrected chi connectivity index (χ3v) is 3.47. The molecule has 1 N–H and O–H groups in total. The Balaban J connectivity index is 2.58. The van der Waals surface area contributed by atoms with Crippen molar-refractivity contribution in [2.45, 2.75) is 44.7 Å². The fraction of sp³-hybridized carbons (Fsp3) is 0.917. The third-order valence-electron chi connectivity index (χ3n) is 3.47. The van der Waals surface area contributed by atoms with Crippen molar-refractivity contribution >= 4 is 5.97 Å². The van der Waals surface area contributed by atoms with Gasteiger partial charge < -0.3 is 15.0 Å². The summed E-state index contributed by atoms with van der Waals surface area (Å²) in [7, 11) is 3.53. The summed E-state index contributed by atoms with van der Waals surface area (Å²) in [4.78, 5) is 14.0. The van der Waals surface area contributed by atoms with Crippen molar-refractivity contribution in [3.63, 3.8) is 0 Å². The molecule has 4 nitrogen and oxygen atoms in total. The number of rotatable bonds is 6. The highest BCUT2D eigenvalue weighted by Crippen LogP contribution is 2.25. The van der Waals surface area contributed by atoms with Crippen LogP contribution in [0.1, 0.15) is 33.1 Å². The van der Waals surface area contributed by atoms with Gasteiger partial charge in [-0.25, -0.2) is 0 Å². The van der Waals surface area contributed by atoms with E-state index >= 15 is 0 Å². The molecule has 0 spiro atoms. The maximum absolute atomic E-state index is 11.8. The van der Waals surface area contributed by atoms with Crippen molar-refractivity contribution in [3.05, 3.63) is 0 Å². The monoisotopic (exact) mass is 228 g/mol. The summed E-state index contributed by atoms with van der Waals surface area (Å²) in [5.74, 6) is -0.180. The molecule has 0 bridgehead atoms. The molecule has 0 aromatic rings. The normalized spacial score (nSPS) is 20.3. The lowest BCUT2D eigenvalue weighted by atomic mass is 9.90. The van der Waals surface area contributed by atoms with Crippen LogP contribution in [-0.4, -0.2) is 49.7 Å². The van der Waals surface area contributed by atoms with E-state index in [4.69, 9.17) is 4.74 Å². The Hall–Kier alpha value is -0.610. The van der Waals surface area contributed by atoms with E-state index in [0.717, 1.165) is 6.54 Å². The second-order valence-corrected chi connectivity index (χ2v) is 4.85. The summed E-state index contributed by atoms with van der Waals surface area (Å²) in [6.07, 6.45) is 3.81. The van der Waals surface area contributed by atoms with Crippen LogP contribution in [0.5, 0.6) is 0 Å². The maximum atomic E-state index is 11.8. The van der Waals surface area contributed by atoms with E-state index in [1.54, 1.807) is 0 Å². The standard InChI is InChI=1S/C12H24N2O2/c1-5-13-12(2,11(15)16-4)9-14(3)10-7-6-8-10/h10,13H,5-9H2,1-4H3. The molecule has 0 saturated heterocycles. The average Bonchev–Trinajstić information content (AvgIpc) is 2.13. The van der Waals surface area contributed by atoms with Crippen LogP contribution in [0.15, 0.2) is 0 Å². The minimum atomic E-state index is -0.589. The summed E-state index contributed by atoms with van der Waals surface area (Å²) in [6, 6.07) is 0.641. The minimum Gasteiger partial charge on any atom is -0.468 e. The Morgan fingerprint density at radius 1 is 1.56 bits per heavy atom. The van der Waals surface area contributed by atoms with Gasteiger partial charge in [-0.2, -0.15) is 0 Å². The maximum Gasteiger partial charge on any atom is 0.327 e. The number of hydrogen-bond acceptors (Lipinski definition) is 4.